The Hall–Kier alpha value is -3.75. The van der Waals surface area contributed by atoms with Crippen molar-refractivity contribution in [2.75, 3.05) is 20.3 Å². The van der Waals surface area contributed by atoms with Gasteiger partial charge in [-0.05, 0) is 43.3 Å². The van der Waals surface area contributed by atoms with Crippen LogP contribution in [0, 0.1) is 11.6 Å². The van der Waals surface area contributed by atoms with E-state index in [0.29, 0.717) is 23.8 Å². The molecule has 4 rings (SSSR count). The molecule has 0 unspecified atom stereocenters. The average molecular weight is 441 g/mol. The van der Waals surface area contributed by atoms with Crippen LogP contribution in [-0.4, -0.2) is 46.8 Å². The fraction of sp³-hybridized carbons (Fsp3) is 0.261. The number of halogens is 2. The van der Waals surface area contributed by atoms with Gasteiger partial charge in [-0.25, -0.2) is 18.3 Å². The average Bonchev–Trinajstić information content (AvgIpc) is 3.18. The summed E-state index contributed by atoms with van der Waals surface area (Å²) >= 11 is 0. The number of aromatic nitrogens is 2. The van der Waals surface area contributed by atoms with Gasteiger partial charge in [-0.15, -0.1) is 0 Å². The second kappa shape index (κ2) is 8.78. The first-order valence-electron chi connectivity index (χ1n) is 10.1. The highest BCUT2D eigenvalue weighted by Gasteiger charge is 2.32. The Kier molecular flexibility index (Phi) is 5.89. The van der Waals surface area contributed by atoms with E-state index in [1.165, 1.54) is 4.90 Å². The third kappa shape index (κ3) is 3.93. The van der Waals surface area contributed by atoms with Crippen LogP contribution < -0.4 is 4.74 Å². The summed E-state index contributed by atoms with van der Waals surface area (Å²) in [7, 11) is 1.57. The van der Waals surface area contributed by atoms with Crippen LogP contribution in [0.4, 0.5) is 8.78 Å². The number of ether oxygens (including phenoxy) is 2. The molecule has 1 aromatic heterocycles. The predicted molar refractivity (Wildman–Crippen MR) is 111 cm³/mol. The van der Waals surface area contributed by atoms with Gasteiger partial charge in [0.25, 0.3) is 5.91 Å². The van der Waals surface area contributed by atoms with Crippen molar-refractivity contribution in [3.8, 4) is 11.4 Å². The summed E-state index contributed by atoms with van der Waals surface area (Å²) in [4.78, 5) is 26.9. The highest BCUT2D eigenvalue weighted by Crippen LogP contribution is 2.28. The van der Waals surface area contributed by atoms with Crippen molar-refractivity contribution in [1.82, 2.24) is 14.7 Å². The fourth-order valence-corrected chi connectivity index (χ4v) is 3.73. The molecule has 0 saturated heterocycles. The molecule has 7 nitrogen and oxygen atoms in total. The number of nitrogens with zero attached hydrogens (tertiary/aromatic N) is 3. The van der Waals surface area contributed by atoms with E-state index >= 15 is 0 Å². The van der Waals surface area contributed by atoms with E-state index in [2.05, 4.69) is 5.10 Å². The summed E-state index contributed by atoms with van der Waals surface area (Å²) in [5.74, 6) is -2.19. The summed E-state index contributed by atoms with van der Waals surface area (Å²) < 4.78 is 39.4. The van der Waals surface area contributed by atoms with Gasteiger partial charge >= 0.3 is 5.97 Å². The minimum absolute atomic E-state index is 0.0509. The van der Waals surface area contributed by atoms with Crippen molar-refractivity contribution in [1.29, 1.82) is 0 Å². The zero-order valence-corrected chi connectivity index (χ0v) is 17.6. The summed E-state index contributed by atoms with van der Waals surface area (Å²) in [5, 5.41) is 4.47. The number of carbonyl (C=O) groups excluding carboxylic acids is 2. The minimum atomic E-state index is -0.930. The molecule has 0 bridgehead atoms. The molecule has 2 heterocycles. The van der Waals surface area contributed by atoms with Crippen LogP contribution in [0.25, 0.3) is 5.69 Å². The molecule has 1 aliphatic heterocycles. The highest BCUT2D eigenvalue weighted by molar-refractivity contribution is 5.95. The van der Waals surface area contributed by atoms with E-state index in [4.69, 9.17) is 9.47 Å². The van der Waals surface area contributed by atoms with Gasteiger partial charge in [-0.1, -0.05) is 0 Å². The van der Waals surface area contributed by atoms with Gasteiger partial charge < -0.3 is 14.4 Å². The standard InChI is InChI=1S/C23H21F2N3O4/c1-3-32-23(30)21-18-13-27(22(29)17-9-4-14(24)12-19(17)25)11-10-20(18)28(26-21)15-5-7-16(31-2)8-6-15/h4-9,12H,3,10-11,13H2,1-2H3. The first-order valence-corrected chi connectivity index (χ1v) is 10.1. The monoisotopic (exact) mass is 441 g/mol. The third-order valence-corrected chi connectivity index (χ3v) is 5.29. The molecule has 0 aliphatic carbocycles. The molecule has 0 saturated carbocycles. The third-order valence-electron chi connectivity index (χ3n) is 5.29. The lowest BCUT2D eigenvalue weighted by Crippen LogP contribution is -2.37. The van der Waals surface area contributed by atoms with Crippen molar-refractivity contribution < 1.29 is 27.8 Å². The number of hydrogen-bond acceptors (Lipinski definition) is 5. The molecule has 32 heavy (non-hydrogen) atoms. The normalized spacial score (nSPS) is 12.9. The van der Waals surface area contributed by atoms with Crippen molar-refractivity contribution in [2.45, 2.75) is 19.9 Å². The Balaban J connectivity index is 1.71. The molecule has 9 heteroatoms. The molecule has 166 valence electrons. The molecular formula is C23H21F2N3O4. The molecule has 1 amide bonds. The summed E-state index contributed by atoms with van der Waals surface area (Å²) in [5.41, 5.74) is 1.91. The van der Waals surface area contributed by atoms with Crippen LogP contribution in [0.3, 0.4) is 0 Å². The number of benzene rings is 2. The first kappa shape index (κ1) is 21.5. The maximum Gasteiger partial charge on any atom is 0.359 e. The Morgan fingerprint density at radius 1 is 1.12 bits per heavy atom. The minimum Gasteiger partial charge on any atom is -0.497 e. The Morgan fingerprint density at radius 2 is 1.88 bits per heavy atom. The zero-order chi connectivity index (χ0) is 22.8. The fourth-order valence-electron chi connectivity index (χ4n) is 3.73. The Morgan fingerprint density at radius 3 is 2.53 bits per heavy atom. The number of carbonyl (C=O) groups is 2. The van der Waals surface area contributed by atoms with Crippen molar-refractivity contribution in [3.05, 3.63) is 76.6 Å². The molecule has 0 N–H and O–H groups in total. The molecule has 0 spiro atoms. The summed E-state index contributed by atoms with van der Waals surface area (Å²) in [6.07, 6.45) is 0.391. The van der Waals surface area contributed by atoms with E-state index in [-0.39, 0.29) is 31.0 Å². The van der Waals surface area contributed by atoms with Gasteiger partial charge in [0.05, 0.1) is 37.2 Å². The van der Waals surface area contributed by atoms with Gasteiger partial charge in [0, 0.05) is 24.6 Å². The lowest BCUT2D eigenvalue weighted by molar-refractivity contribution is 0.0513. The predicted octanol–water partition coefficient (Wildman–Crippen LogP) is 3.53. The van der Waals surface area contributed by atoms with E-state index in [1.807, 2.05) is 12.1 Å². The molecule has 0 atom stereocenters. The van der Waals surface area contributed by atoms with Crippen molar-refractivity contribution in [2.24, 2.45) is 0 Å². The Labute approximate surface area is 183 Å². The van der Waals surface area contributed by atoms with E-state index in [1.54, 1.807) is 30.8 Å². The zero-order valence-electron chi connectivity index (χ0n) is 17.6. The number of methoxy groups -OCH3 is 1. The number of amides is 1. The highest BCUT2D eigenvalue weighted by atomic mass is 19.1. The van der Waals surface area contributed by atoms with E-state index in [9.17, 15) is 18.4 Å². The Bertz CT molecular complexity index is 1170. The first-order chi connectivity index (χ1) is 15.4. The largest absolute Gasteiger partial charge is 0.497 e. The van der Waals surface area contributed by atoms with E-state index in [0.717, 1.165) is 23.5 Å². The number of esters is 1. The second-order valence-corrected chi connectivity index (χ2v) is 7.21. The van der Waals surface area contributed by atoms with Crippen LogP contribution in [0.2, 0.25) is 0 Å². The maximum absolute atomic E-state index is 14.2. The topological polar surface area (TPSA) is 73.7 Å². The quantitative estimate of drug-likeness (QED) is 0.567. The van der Waals surface area contributed by atoms with Crippen molar-refractivity contribution in [3.63, 3.8) is 0 Å². The molecule has 0 radical (unpaired) electrons. The van der Waals surface area contributed by atoms with Crippen LogP contribution in [0.1, 0.15) is 39.0 Å². The maximum atomic E-state index is 14.2. The lowest BCUT2D eigenvalue weighted by atomic mass is 10.0. The molecule has 3 aromatic rings. The number of rotatable bonds is 5. The number of hydrogen-bond donors (Lipinski definition) is 0. The van der Waals surface area contributed by atoms with Gasteiger partial charge in [0.2, 0.25) is 0 Å². The lowest BCUT2D eigenvalue weighted by Gasteiger charge is -2.28. The van der Waals surface area contributed by atoms with E-state index < -0.39 is 23.5 Å². The van der Waals surface area contributed by atoms with Crippen LogP contribution in [-0.2, 0) is 17.7 Å². The molecule has 1 aliphatic rings. The summed E-state index contributed by atoms with van der Waals surface area (Å²) in [6, 6.07) is 10.0. The number of fused-ring (bicyclic) bond motifs is 1. The molecule has 0 fully saturated rings. The van der Waals surface area contributed by atoms with Gasteiger partial charge in [0.1, 0.15) is 17.4 Å². The van der Waals surface area contributed by atoms with Crippen LogP contribution in [0.5, 0.6) is 5.75 Å². The summed E-state index contributed by atoms with van der Waals surface area (Å²) in [6.45, 7) is 2.20. The molecule has 2 aromatic carbocycles. The van der Waals surface area contributed by atoms with Crippen LogP contribution in [0.15, 0.2) is 42.5 Å². The second-order valence-electron chi connectivity index (χ2n) is 7.21. The van der Waals surface area contributed by atoms with Crippen LogP contribution >= 0.6 is 0 Å². The van der Waals surface area contributed by atoms with Gasteiger partial charge in [-0.2, -0.15) is 5.10 Å². The smallest absolute Gasteiger partial charge is 0.359 e. The SMILES string of the molecule is CCOC(=O)c1nn(-c2ccc(OC)cc2)c2c1CN(C(=O)c1ccc(F)cc1F)CC2. The van der Waals surface area contributed by atoms with Crippen molar-refractivity contribution >= 4 is 11.9 Å². The van der Waals surface area contributed by atoms with Gasteiger partial charge in [-0.3, -0.25) is 4.79 Å². The van der Waals surface area contributed by atoms with Gasteiger partial charge in [0.15, 0.2) is 5.69 Å². The molecular weight excluding hydrogens is 420 g/mol.